The Morgan fingerprint density at radius 1 is 1.27 bits per heavy atom. The molecule has 1 aliphatic rings. The minimum atomic E-state index is -0.737. The molecule has 4 nitrogen and oxygen atoms in total. The van der Waals surface area contributed by atoms with Crippen LogP contribution in [0.3, 0.4) is 0 Å². The highest BCUT2D eigenvalue weighted by Crippen LogP contribution is 2.21. The second-order valence-corrected chi connectivity index (χ2v) is 6.30. The fourth-order valence-corrected chi connectivity index (χ4v) is 3.08. The van der Waals surface area contributed by atoms with Gasteiger partial charge in [0.1, 0.15) is 17.4 Å². The van der Waals surface area contributed by atoms with Crippen LogP contribution in [0.2, 0.25) is 0 Å². The van der Waals surface area contributed by atoms with Crippen LogP contribution >= 0.6 is 0 Å². The molecule has 0 spiro atoms. The van der Waals surface area contributed by atoms with Crippen molar-refractivity contribution in [3.8, 4) is 5.75 Å². The molecule has 0 aromatic heterocycles. The summed E-state index contributed by atoms with van der Waals surface area (Å²) in [4.78, 5) is 14.4. The lowest BCUT2D eigenvalue weighted by Gasteiger charge is -2.26. The zero-order valence-electron chi connectivity index (χ0n) is 14.6. The van der Waals surface area contributed by atoms with Crippen molar-refractivity contribution in [2.45, 2.75) is 25.5 Å². The van der Waals surface area contributed by atoms with Crippen molar-refractivity contribution in [3.05, 3.63) is 65.2 Å². The third-order valence-electron chi connectivity index (χ3n) is 4.40. The molecule has 138 valence electrons. The van der Waals surface area contributed by atoms with Crippen LogP contribution in [0.4, 0.5) is 8.78 Å². The number of rotatable bonds is 6. The van der Waals surface area contributed by atoms with Gasteiger partial charge in [-0.2, -0.15) is 0 Å². The van der Waals surface area contributed by atoms with E-state index in [2.05, 4.69) is 0 Å². The molecule has 0 bridgehead atoms. The van der Waals surface area contributed by atoms with Gasteiger partial charge in [0.15, 0.2) is 0 Å². The van der Waals surface area contributed by atoms with Gasteiger partial charge in [0.05, 0.1) is 18.8 Å². The summed E-state index contributed by atoms with van der Waals surface area (Å²) in [5.41, 5.74) is 0.568. The standard InChI is InChI=1S/C20H21F2NO3/c1-25-16-5-2-4-14(10-16)12-23(13-17-6-3-9-26-17)20(24)18-11-15(21)7-8-19(18)22/h2,4-5,7-8,10-11,17H,3,6,9,12-13H2,1H3. The van der Waals surface area contributed by atoms with Crippen molar-refractivity contribution in [1.82, 2.24) is 4.90 Å². The van der Waals surface area contributed by atoms with Crippen molar-refractivity contribution in [2.75, 3.05) is 20.3 Å². The molecule has 2 aromatic rings. The lowest BCUT2D eigenvalue weighted by Crippen LogP contribution is -2.37. The van der Waals surface area contributed by atoms with Gasteiger partial charge in [-0.15, -0.1) is 0 Å². The van der Waals surface area contributed by atoms with Gasteiger partial charge >= 0.3 is 0 Å². The minimum absolute atomic E-state index is 0.0961. The predicted molar refractivity (Wildman–Crippen MR) is 93.1 cm³/mol. The van der Waals surface area contributed by atoms with Crippen LogP contribution < -0.4 is 4.74 Å². The Morgan fingerprint density at radius 3 is 2.85 bits per heavy atom. The summed E-state index contributed by atoms with van der Waals surface area (Å²) in [5, 5.41) is 0. The maximum absolute atomic E-state index is 14.1. The Balaban J connectivity index is 1.86. The van der Waals surface area contributed by atoms with Crippen LogP contribution in [0.25, 0.3) is 0 Å². The van der Waals surface area contributed by atoms with E-state index < -0.39 is 17.5 Å². The highest BCUT2D eigenvalue weighted by atomic mass is 19.1. The summed E-state index contributed by atoms with van der Waals surface area (Å²) < 4.78 is 38.4. The van der Waals surface area contributed by atoms with Gasteiger partial charge in [0, 0.05) is 19.7 Å². The number of hydrogen-bond donors (Lipinski definition) is 0. The van der Waals surface area contributed by atoms with E-state index in [4.69, 9.17) is 9.47 Å². The molecule has 1 amide bonds. The summed E-state index contributed by atoms with van der Waals surface area (Å²) in [6.45, 7) is 1.23. The lowest BCUT2D eigenvalue weighted by molar-refractivity contribution is 0.0503. The number of amides is 1. The van der Waals surface area contributed by atoms with Crippen molar-refractivity contribution in [1.29, 1.82) is 0 Å². The zero-order chi connectivity index (χ0) is 18.5. The second kappa shape index (κ2) is 8.27. The Morgan fingerprint density at radius 2 is 2.12 bits per heavy atom. The Bertz CT molecular complexity index is 775. The molecule has 0 saturated carbocycles. The molecule has 2 aromatic carbocycles. The van der Waals surface area contributed by atoms with Crippen LogP contribution in [0, 0.1) is 11.6 Å². The average molecular weight is 361 g/mol. The van der Waals surface area contributed by atoms with Crippen molar-refractivity contribution >= 4 is 5.91 Å². The summed E-state index contributed by atoms with van der Waals surface area (Å²) >= 11 is 0. The van der Waals surface area contributed by atoms with E-state index in [1.165, 1.54) is 4.90 Å². The molecule has 1 fully saturated rings. The molecular weight excluding hydrogens is 340 g/mol. The molecule has 6 heteroatoms. The first-order valence-electron chi connectivity index (χ1n) is 8.55. The van der Waals surface area contributed by atoms with Crippen molar-refractivity contribution in [2.24, 2.45) is 0 Å². The summed E-state index contributed by atoms with van der Waals surface area (Å²) in [6, 6.07) is 10.2. The van der Waals surface area contributed by atoms with E-state index in [0.29, 0.717) is 18.9 Å². The number of nitrogens with zero attached hydrogens (tertiary/aromatic N) is 1. The Kier molecular flexibility index (Phi) is 5.83. The van der Waals surface area contributed by atoms with Crippen LogP contribution in [-0.2, 0) is 11.3 Å². The maximum Gasteiger partial charge on any atom is 0.257 e. The van der Waals surface area contributed by atoms with E-state index in [-0.39, 0.29) is 18.2 Å². The number of benzene rings is 2. The van der Waals surface area contributed by atoms with Gasteiger partial charge < -0.3 is 14.4 Å². The molecule has 1 heterocycles. The fourth-order valence-electron chi connectivity index (χ4n) is 3.08. The van der Waals surface area contributed by atoms with Gasteiger partial charge in [0.2, 0.25) is 0 Å². The largest absolute Gasteiger partial charge is 0.497 e. The number of carbonyl (C=O) groups is 1. The van der Waals surface area contributed by atoms with Crippen molar-refractivity contribution in [3.63, 3.8) is 0 Å². The van der Waals surface area contributed by atoms with Crippen LogP contribution in [-0.4, -0.2) is 37.2 Å². The van der Waals surface area contributed by atoms with E-state index >= 15 is 0 Å². The molecule has 1 atom stereocenters. The summed E-state index contributed by atoms with van der Waals surface area (Å²) in [6.07, 6.45) is 1.68. The lowest BCUT2D eigenvalue weighted by atomic mass is 10.1. The third-order valence-corrected chi connectivity index (χ3v) is 4.40. The SMILES string of the molecule is COc1cccc(CN(CC2CCCO2)C(=O)c2cc(F)ccc2F)c1. The quantitative estimate of drug-likeness (QED) is 0.786. The number of halogens is 2. The zero-order valence-corrected chi connectivity index (χ0v) is 14.6. The van der Waals surface area contributed by atoms with Gasteiger partial charge in [-0.1, -0.05) is 12.1 Å². The summed E-state index contributed by atoms with van der Waals surface area (Å²) in [5.74, 6) is -1.27. The van der Waals surface area contributed by atoms with Gasteiger partial charge in [-0.3, -0.25) is 4.79 Å². The van der Waals surface area contributed by atoms with E-state index in [1.807, 2.05) is 24.3 Å². The molecule has 1 saturated heterocycles. The molecule has 0 N–H and O–H groups in total. The highest BCUT2D eigenvalue weighted by molar-refractivity contribution is 5.94. The van der Waals surface area contributed by atoms with Crippen LogP contribution in [0.15, 0.2) is 42.5 Å². The van der Waals surface area contributed by atoms with Gasteiger partial charge in [-0.05, 0) is 48.7 Å². The summed E-state index contributed by atoms with van der Waals surface area (Å²) in [7, 11) is 1.57. The van der Waals surface area contributed by atoms with Gasteiger partial charge in [0.25, 0.3) is 5.91 Å². The number of carbonyl (C=O) groups excluding carboxylic acids is 1. The van der Waals surface area contributed by atoms with Crippen LogP contribution in [0.1, 0.15) is 28.8 Å². The molecular formula is C20H21F2NO3. The topological polar surface area (TPSA) is 38.8 Å². The van der Waals surface area contributed by atoms with Crippen LogP contribution in [0.5, 0.6) is 5.75 Å². The smallest absolute Gasteiger partial charge is 0.257 e. The van der Waals surface area contributed by atoms with E-state index in [0.717, 1.165) is 36.6 Å². The number of hydrogen-bond acceptors (Lipinski definition) is 3. The first-order valence-corrected chi connectivity index (χ1v) is 8.55. The molecule has 1 aliphatic heterocycles. The van der Waals surface area contributed by atoms with Crippen molar-refractivity contribution < 1.29 is 23.0 Å². The second-order valence-electron chi connectivity index (χ2n) is 6.30. The first kappa shape index (κ1) is 18.3. The number of ether oxygens (including phenoxy) is 2. The Labute approximate surface area is 151 Å². The third kappa shape index (κ3) is 4.38. The molecule has 1 unspecified atom stereocenters. The molecule has 0 radical (unpaired) electrons. The maximum atomic E-state index is 14.1. The minimum Gasteiger partial charge on any atom is -0.497 e. The number of methoxy groups -OCH3 is 1. The van der Waals surface area contributed by atoms with Gasteiger partial charge in [-0.25, -0.2) is 8.78 Å². The van der Waals surface area contributed by atoms with E-state index in [1.54, 1.807) is 7.11 Å². The Hall–Kier alpha value is -2.47. The fraction of sp³-hybridized carbons (Fsp3) is 0.350. The molecule has 0 aliphatic carbocycles. The predicted octanol–water partition coefficient (Wildman–Crippen LogP) is 3.79. The first-order chi connectivity index (χ1) is 12.6. The monoisotopic (exact) mass is 361 g/mol. The highest BCUT2D eigenvalue weighted by Gasteiger charge is 2.25. The average Bonchev–Trinajstić information content (AvgIpc) is 3.16. The normalized spacial score (nSPS) is 16.5. The molecule has 3 rings (SSSR count). The molecule has 26 heavy (non-hydrogen) atoms. The van der Waals surface area contributed by atoms with E-state index in [9.17, 15) is 13.6 Å².